The zero-order valence-corrected chi connectivity index (χ0v) is 12.4. The summed E-state index contributed by atoms with van der Waals surface area (Å²) in [7, 11) is 1.94. The van der Waals surface area contributed by atoms with Crippen molar-refractivity contribution in [3.63, 3.8) is 0 Å². The van der Waals surface area contributed by atoms with Crippen LogP contribution in [0.1, 0.15) is 30.8 Å². The number of aromatic nitrogens is 3. The molecule has 0 amide bonds. The molecule has 1 aromatic heterocycles. The molecule has 2 aromatic rings. The van der Waals surface area contributed by atoms with Crippen molar-refractivity contribution < 1.29 is 9.47 Å². The monoisotopic (exact) mass is 288 g/mol. The number of hydrogen-bond acceptors (Lipinski definition) is 5. The third-order valence-corrected chi connectivity index (χ3v) is 3.59. The quantitative estimate of drug-likeness (QED) is 0.930. The molecule has 1 atom stereocenters. The summed E-state index contributed by atoms with van der Waals surface area (Å²) in [5.41, 5.74) is 1.10. The highest BCUT2D eigenvalue weighted by atomic mass is 16.5. The Morgan fingerprint density at radius 3 is 3.00 bits per heavy atom. The van der Waals surface area contributed by atoms with Gasteiger partial charge in [-0.25, -0.2) is 0 Å². The van der Waals surface area contributed by atoms with Crippen LogP contribution in [0.4, 0.5) is 0 Å². The van der Waals surface area contributed by atoms with Crippen molar-refractivity contribution in [1.29, 1.82) is 0 Å². The molecule has 0 fully saturated rings. The van der Waals surface area contributed by atoms with E-state index in [9.17, 15) is 0 Å². The lowest BCUT2D eigenvalue weighted by Crippen LogP contribution is -2.21. The maximum atomic E-state index is 5.83. The van der Waals surface area contributed by atoms with Gasteiger partial charge in [0.05, 0.1) is 19.3 Å². The maximum absolute atomic E-state index is 5.83. The van der Waals surface area contributed by atoms with E-state index in [0.717, 1.165) is 29.3 Å². The van der Waals surface area contributed by atoms with E-state index in [0.29, 0.717) is 19.8 Å². The van der Waals surface area contributed by atoms with Crippen molar-refractivity contribution >= 4 is 0 Å². The van der Waals surface area contributed by atoms with Gasteiger partial charge in [0.15, 0.2) is 11.5 Å². The third kappa shape index (κ3) is 3.00. The molecule has 0 radical (unpaired) electrons. The van der Waals surface area contributed by atoms with E-state index in [1.165, 1.54) is 0 Å². The Hall–Kier alpha value is -2.08. The van der Waals surface area contributed by atoms with E-state index in [4.69, 9.17) is 9.47 Å². The summed E-state index contributed by atoms with van der Waals surface area (Å²) in [5.74, 6) is 2.60. The standard InChI is InChI=1S/C15H20N4O2/c1-11(15-18-17-10-19(15)2)16-9-12-5-3-6-13-14(12)21-8-4-7-20-13/h3,5-6,10-11,16H,4,7-9H2,1-2H3. The molecule has 2 heterocycles. The van der Waals surface area contributed by atoms with Crippen LogP contribution in [0.25, 0.3) is 0 Å². The summed E-state index contributed by atoms with van der Waals surface area (Å²) < 4.78 is 13.5. The number of fused-ring (bicyclic) bond motifs is 1. The second-order valence-corrected chi connectivity index (χ2v) is 5.20. The summed E-state index contributed by atoms with van der Waals surface area (Å²) in [6, 6.07) is 6.12. The average molecular weight is 288 g/mol. The molecule has 1 unspecified atom stereocenters. The van der Waals surface area contributed by atoms with Crippen LogP contribution in [0.3, 0.4) is 0 Å². The molecule has 21 heavy (non-hydrogen) atoms. The number of nitrogens with one attached hydrogen (secondary N) is 1. The average Bonchev–Trinajstić information content (AvgIpc) is 2.77. The molecule has 6 nitrogen and oxygen atoms in total. The van der Waals surface area contributed by atoms with Crippen LogP contribution in [0, 0.1) is 0 Å². The predicted molar refractivity (Wildman–Crippen MR) is 78.3 cm³/mol. The number of aryl methyl sites for hydroxylation is 1. The lowest BCUT2D eigenvalue weighted by molar-refractivity contribution is 0.295. The highest BCUT2D eigenvalue weighted by molar-refractivity contribution is 5.47. The van der Waals surface area contributed by atoms with Crippen molar-refractivity contribution in [1.82, 2.24) is 20.1 Å². The second-order valence-electron chi connectivity index (χ2n) is 5.20. The van der Waals surface area contributed by atoms with Crippen LogP contribution in [0.2, 0.25) is 0 Å². The molecule has 1 aliphatic rings. The molecule has 0 spiro atoms. The first kappa shape index (κ1) is 13.9. The van der Waals surface area contributed by atoms with Gasteiger partial charge >= 0.3 is 0 Å². The van der Waals surface area contributed by atoms with Crippen molar-refractivity contribution in [2.24, 2.45) is 7.05 Å². The van der Waals surface area contributed by atoms with Gasteiger partial charge in [-0.3, -0.25) is 0 Å². The Morgan fingerprint density at radius 2 is 2.19 bits per heavy atom. The van der Waals surface area contributed by atoms with Crippen LogP contribution in [0.15, 0.2) is 24.5 Å². The van der Waals surface area contributed by atoms with Crippen LogP contribution >= 0.6 is 0 Å². The number of ether oxygens (including phenoxy) is 2. The minimum Gasteiger partial charge on any atom is -0.490 e. The molecule has 0 saturated carbocycles. The smallest absolute Gasteiger partial charge is 0.165 e. The van der Waals surface area contributed by atoms with Crippen LogP contribution in [0.5, 0.6) is 11.5 Å². The van der Waals surface area contributed by atoms with Gasteiger partial charge in [0.25, 0.3) is 0 Å². The summed E-state index contributed by atoms with van der Waals surface area (Å²) in [6.45, 7) is 4.17. The molecule has 112 valence electrons. The third-order valence-electron chi connectivity index (χ3n) is 3.59. The summed E-state index contributed by atoms with van der Waals surface area (Å²) in [6.07, 6.45) is 2.62. The number of nitrogens with zero attached hydrogens (tertiary/aromatic N) is 3. The van der Waals surface area contributed by atoms with E-state index in [1.807, 2.05) is 23.7 Å². The van der Waals surface area contributed by atoms with Crippen molar-refractivity contribution in [2.45, 2.75) is 25.9 Å². The van der Waals surface area contributed by atoms with E-state index in [-0.39, 0.29) is 6.04 Å². The highest BCUT2D eigenvalue weighted by Gasteiger charge is 2.16. The lowest BCUT2D eigenvalue weighted by atomic mass is 10.1. The van der Waals surface area contributed by atoms with Crippen molar-refractivity contribution in [2.75, 3.05) is 13.2 Å². The number of benzene rings is 1. The van der Waals surface area contributed by atoms with Crippen LogP contribution in [-0.2, 0) is 13.6 Å². The van der Waals surface area contributed by atoms with Gasteiger partial charge in [0.2, 0.25) is 0 Å². The molecule has 0 bridgehead atoms. The molecule has 0 saturated heterocycles. The molecule has 0 aliphatic carbocycles. The minimum absolute atomic E-state index is 0.111. The summed E-state index contributed by atoms with van der Waals surface area (Å²) in [5, 5.41) is 11.5. The Labute approximate surface area is 124 Å². The Bertz CT molecular complexity index is 611. The lowest BCUT2D eigenvalue weighted by Gasteiger charge is -2.16. The van der Waals surface area contributed by atoms with Gasteiger partial charge in [-0.05, 0) is 13.0 Å². The zero-order chi connectivity index (χ0) is 14.7. The first-order valence-corrected chi connectivity index (χ1v) is 7.20. The molecule has 1 aliphatic heterocycles. The molecule has 3 rings (SSSR count). The fraction of sp³-hybridized carbons (Fsp3) is 0.467. The number of hydrogen-bond donors (Lipinski definition) is 1. The van der Waals surface area contributed by atoms with Gasteiger partial charge in [0.1, 0.15) is 12.2 Å². The van der Waals surface area contributed by atoms with E-state index < -0.39 is 0 Å². The molecular weight excluding hydrogens is 268 g/mol. The molecule has 1 aromatic carbocycles. The fourth-order valence-corrected chi connectivity index (χ4v) is 2.43. The summed E-state index contributed by atoms with van der Waals surface area (Å²) >= 11 is 0. The SMILES string of the molecule is CC(NCc1cccc2c1OCCCO2)c1nncn1C. The molecule has 1 N–H and O–H groups in total. The van der Waals surface area contributed by atoms with E-state index in [2.05, 4.69) is 28.5 Å². The van der Waals surface area contributed by atoms with Crippen molar-refractivity contribution in [3.8, 4) is 11.5 Å². The zero-order valence-electron chi connectivity index (χ0n) is 12.4. The minimum atomic E-state index is 0.111. The summed E-state index contributed by atoms with van der Waals surface area (Å²) in [4.78, 5) is 0. The largest absolute Gasteiger partial charge is 0.490 e. The maximum Gasteiger partial charge on any atom is 0.165 e. The Morgan fingerprint density at radius 1 is 1.33 bits per heavy atom. The Balaban J connectivity index is 1.72. The second kappa shape index (κ2) is 6.13. The normalized spacial score (nSPS) is 15.5. The van der Waals surface area contributed by atoms with Gasteiger partial charge < -0.3 is 19.4 Å². The molecular formula is C15H20N4O2. The van der Waals surface area contributed by atoms with Gasteiger partial charge in [0, 0.05) is 25.6 Å². The first-order valence-electron chi connectivity index (χ1n) is 7.20. The van der Waals surface area contributed by atoms with Gasteiger partial charge in [-0.1, -0.05) is 12.1 Å². The van der Waals surface area contributed by atoms with Gasteiger partial charge in [-0.15, -0.1) is 10.2 Å². The number of rotatable bonds is 4. The molecule has 6 heteroatoms. The van der Waals surface area contributed by atoms with Crippen molar-refractivity contribution in [3.05, 3.63) is 35.9 Å². The van der Waals surface area contributed by atoms with Crippen LogP contribution in [-0.4, -0.2) is 28.0 Å². The van der Waals surface area contributed by atoms with E-state index >= 15 is 0 Å². The first-order chi connectivity index (χ1) is 10.3. The topological polar surface area (TPSA) is 61.2 Å². The number of para-hydroxylation sites is 1. The van der Waals surface area contributed by atoms with Gasteiger partial charge in [-0.2, -0.15) is 0 Å². The predicted octanol–water partition coefficient (Wildman–Crippen LogP) is 1.83. The fourth-order valence-electron chi connectivity index (χ4n) is 2.43. The highest BCUT2D eigenvalue weighted by Crippen LogP contribution is 2.33. The van der Waals surface area contributed by atoms with Crippen LogP contribution < -0.4 is 14.8 Å². The van der Waals surface area contributed by atoms with E-state index in [1.54, 1.807) is 6.33 Å². The Kier molecular flexibility index (Phi) is 4.06.